The number of aliphatic hydroxyl groups is 1. The number of benzene rings is 2. The SMILES string of the molecule is C[C@@]1(O)[C@H](OCc2ccc(Cl)cc2Cl)[C@@H](COCc2ccc(Cl)cc2Cl)O[C@H]1n1cc(I)c2c(N)ncnc21. The maximum Gasteiger partial charge on any atom is 0.167 e. The fraction of sp³-hybridized carbons (Fsp3) is 0.308. The molecule has 0 amide bonds. The molecule has 206 valence electrons. The summed E-state index contributed by atoms with van der Waals surface area (Å²) in [4.78, 5) is 8.50. The summed E-state index contributed by atoms with van der Waals surface area (Å²) in [6.07, 6.45) is 0.872. The zero-order valence-electron chi connectivity index (χ0n) is 20.5. The molecule has 4 atom stereocenters. The first-order chi connectivity index (χ1) is 18.6. The second kappa shape index (κ2) is 11.8. The molecule has 1 saturated heterocycles. The molecule has 1 fully saturated rings. The van der Waals surface area contributed by atoms with Gasteiger partial charge in [0, 0.05) is 29.9 Å². The van der Waals surface area contributed by atoms with Gasteiger partial charge in [-0.3, -0.25) is 0 Å². The summed E-state index contributed by atoms with van der Waals surface area (Å²) in [5.74, 6) is 0.339. The standard InChI is InChI=1S/C26H23Cl4IN4O4/c1-26(36)22(38-10-14-3-5-16(28)7-18(14)30)20(11-37-9-13-2-4-15(27)6-17(13)29)39-25(26)35-8-19(31)21-23(32)33-12-34-24(21)35/h2-8,12,20,22,25,36H,9-11H2,1H3,(H2,32,33,34)/t20-,22-,25-,26-/m1/s1. The maximum absolute atomic E-state index is 11.9. The Bertz CT molecular complexity index is 1520. The zero-order chi connectivity index (χ0) is 27.9. The average molecular weight is 724 g/mol. The van der Waals surface area contributed by atoms with Gasteiger partial charge in [0.05, 0.1) is 25.2 Å². The number of hydrogen-bond donors (Lipinski definition) is 2. The van der Waals surface area contributed by atoms with Crippen LogP contribution in [0.5, 0.6) is 0 Å². The van der Waals surface area contributed by atoms with Crippen LogP contribution in [0.15, 0.2) is 48.9 Å². The predicted octanol–water partition coefficient (Wildman–Crippen LogP) is 6.68. The molecular weight excluding hydrogens is 701 g/mol. The van der Waals surface area contributed by atoms with Gasteiger partial charge in [-0.2, -0.15) is 0 Å². The number of anilines is 1. The van der Waals surface area contributed by atoms with Crippen molar-refractivity contribution in [3.05, 3.63) is 83.7 Å². The van der Waals surface area contributed by atoms with E-state index in [0.29, 0.717) is 36.9 Å². The lowest BCUT2D eigenvalue weighted by Gasteiger charge is -2.30. The minimum Gasteiger partial charge on any atom is -0.383 e. The smallest absolute Gasteiger partial charge is 0.167 e. The average Bonchev–Trinajstić information content (AvgIpc) is 3.33. The quantitative estimate of drug-likeness (QED) is 0.196. The molecule has 0 spiro atoms. The van der Waals surface area contributed by atoms with Gasteiger partial charge in [-0.25, -0.2) is 9.97 Å². The molecule has 1 aliphatic heterocycles. The molecule has 3 N–H and O–H groups in total. The van der Waals surface area contributed by atoms with Gasteiger partial charge in [0.15, 0.2) is 6.23 Å². The number of ether oxygens (including phenoxy) is 3. The number of rotatable bonds is 8. The number of fused-ring (bicyclic) bond motifs is 1. The fourth-order valence-electron chi connectivity index (χ4n) is 4.62. The third-order valence-corrected chi connectivity index (χ3v) is 8.54. The van der Waals surface area contributed by atoms with Gasteiger partial charge in [0.1, 0.15) is 35.6 Å². The van der Waals surface area contributed by atoms with E-state index in [-0.39, 0.29) is 19.8 Å². The van der Waals surface area contributed by atoms with Crippen molar-refractivity contribution in [2.45, 2.75) is 44.2 Å². The minimum absolute atomic E-state index is 0.109. The second-order valence-corrected chi connectivity index (χ2v) is 12.2. The van der Waals surface area contributed by atoms with Crippen molar-refractivity contribution in [1.82, 2.24) is 14.5 Å². The van der Waals surface area contributed by atoms with Crippen LogP contribution in [0.4, 0.5) is 5.82 Å². The van der Waals surface area contributed by atoms with E-state index in [1.54, 1.807) is 47.9 Å². The molecule has 0 radical (unpaired) electrons. The van der Waals surface area contributed by atoms with Crippen LogP contribution in [-0.4, -0.2) is 44.1 Å². The van der Waals surface area contributed by atoms with Crippen molar-refractivity contribution in [3.63, 3.8) is 0 Å². The van der Waals surface area contributed by atoms with Gasteiger partial charge >= 0.3 is 0 Å². The number of aromatic nitrogens is 3. The molecule has 0 bridgehead atoms. The normalized spacial score (nSPS) is 23.1. The van der Waals surface area contributed by atoms with Crippen molar-refractivity contribution >= 4 is 85.8 Å². The first-order valence-electron chi connectivity index (χ1n) is 11.8. The Labute approximate surface area is 258 Å². The molecule has 4 aromatic rings. The molecule has 8 nitrogen and oxygen atoms in total. The molecule has 2 aromatic heterocycles. The topological polar surface area (TPSA) is 105 Å². The van der Waals surface area contributed by atoms with E-state index >= 15 is 0 Å². The third-order valence-electron chi connectivity index (χ3n) is 6.55. The molecular formula is C26H23Cl4IN4O4. The lowest BCUT2D eigenvalue weighted by atomic mass is 9.96. The Hall–Kier alpha value is -1.41. The lowest BCUT2D eigenvalue weighted by molar-refractivity contribution is -0.114. The number of nitrogens with two attached hydrogens (primary N) is 1. The van der Waals surface area contributed by atoms with E-state index in [2.05, 4.69) is 32.6 Å². The Kier molecular flexibility index (Phi) is 8.83. The summed E-state index contributed by atoms with van der Waals surface area (Å²) in [5, 5.41) is 14.6. The zero-order valence-corrected chi connectivity index (χ0v) is 25.6. The molecule has 0 aliphatic carbocycles. The van der Waals surface area contributed by atoms with Gasteiger partial charge in [-0.1, -0.05) is 58.5 Å². The minimum atomic E-state index is -1.50. The molecule has 2 aromatic carbocycles. The molecule has 0 unspecified atom stereocenters. The Morgan fingerprint density at radius 3 is 2.33 bits per heavy atom. The Morgan fingerprint density at radius 2 is 1.69 bits per heavy atom. The molecule has 1 aliphatic rings. The predicted molar refractivity (Wildman–Crippen MR) is 160 cm³/mol. The van der Waals surface area contributed by atoms with E-state index in [4.69, 9.17) is 66.3 Å². The van der Waals surface area contributed by atoms with Crippen molar-refractivity contribution < 1.29 is 19.3 Å². The van der Waals surface area contributed by atoms with Crippen LogP contribution in [0.3, 0.4) is 0 Å². The van der Waals surface area contributed by atoms with Gasteiger partial charge < -0.3 is 29.6 Å². The second-order valence-electron chi connectivity index (χ2n) is 9.31. The number of nitrogen functional groups attached to an aromatic ring is 1. The molecule has 5 rings (SSSR count). The van der Waals surface area contributed by atoms with Crippen molar-refractivity contribution in [2.24, 2.45) is 0 Å². The number of nitrogens with zero attached hydrogens (tertiary/aromatic N) is 3. The highest BCUT2D eigenvalue weighted by atomic mass is 127. The summed E-state index contributed by atoms with van der Waals surface area (Å²) in [7, 11) is 0. The summed E-state index contributed by atoms with van der Waals surface area (Å²) in [6, 6.07) is 10.3. The molecule has 39 heavy (non-hydrogen) atoms. The van der Waals surface area contributed by atoms with E-state index in [1.165, 1.54) is 6.33 Å². The van der Waals surface area contributed by atoms with Gasteiger partial charge in [-0.15, -0.1) is 0 Å². The molecule has 13 heteroatoms. The van der Waals surface area contributed by atoms with Crippen LogP contribution in [0.1, 0.15) is 24.3 Å². The summed E-state index contributed by atoms with van der Waals surface area (Å²) in [6.45, 7) is 2.10. The van der Waals surface area contributed by atoms with Crippen LogP contribution in [0, 0.1) is 3.57 Å². The summed E-state index contributed by atoms with van der Waals surface area (Å²) >= 11 is 26.9. The van der Waals surface area contributed by atoms with E-state index < -0.39 is 24.0 Å². The Balaban J connectivity index is 1.42. The largest absolute Gasteiger partial charge is 0.383 e. The Morgan fingerprint density at radius 1 is 1.05 bits per heavy atom. The fourth-order valence-corrected chi connectivity index (χ4v) is 6.37. The third kappa shape index (κ3) is 5.98. The van der Waals surface area contributed by atoms with Crippen molar-refractivity contribution in [2.75, 3.05) is 12.3 Å². The van der Waals surface area contributed by atoms with Crippen LogP contribution in [0.2, 0.25) is 20.1 Å². The van der Waals surface area contributed by atoms with Crippen LogP contribution >= 0.6 is 69.0 Å². The molecule has 3 heterocycles. The highest BCUT2D eigenvalue weighted by molar-refractivity contribution is 14.1. The number of halogens is 5. The van der Waals surface area contributed by atoms with Gasteiger partial charge in [0.2, 0.25) is 0 Å². The highest BCUT2D eigenvalue weighted by Gasteiger charge is 2.55. The summed E-state index contributed by atoms with van der Waals surface area (Å²) < 4.78 is 21.2. The lowest BCUT2D eigenvalue weighted by Crippen LogP contribution is -2.46. The van der Waals surface area contributed by atoms with E-state index in [1.807, 2.05) is 6.20 Å². The van der Waals surface area contributed by atoms with Crippen LogP contribution in [-0.2, 0) is 27.4 Å². The summed E-state index contributed by atoms with van der Waals surface area (Å²) in [5.41, 5.74) is 6.63. The first kappa shape index (κ1) is 29.1. The first-order valence-corrected chi connectivity index (χ1v) is 14.4. The highest BCUT2D eigenvalue weighted by Crippen LogP contribution is 2.43. The van der Waals surface area contributed by atoms with E-state index in [9.17, 15) is 5.11 Å². The maximum atomic E-state index is 11.9. The van der Waals surface area contributed by atoms with Crippen LogP contribution < -0.4 is 5.73 Å². The molecule has 0 saturated carbocycles. The van der Waals surface area contributed by atoms with Gasteiger partial charge in [0.25, 0.3) is 0 Å². The monoisotopic (exact) mass is 722 g/mol. The number of hydrogen-bond acceptors (Lipinski definition) is 7. The van der Waals surface area contributed by atoms with E-state index in [0.717, 1.165) is 14.7 Å². The van der Waals surface area contributed by atoms with Crippen molar-refractivity contribution in [3.8, 4) is 0 Å². The van der Waals surface area contributed by atoms with Crippen LogP contribution in [0.25, 0.3) is 11.0 Å². The van der Waals surface area contributed by atoms with Gasteiger partial charge in [-0.05, 0) is 64.9 Å². The van der Waals surface area contributed by atoms with Crippen molar-refractivity contribution in [1.29, 1.82) is 0 Å².